The molecule has 21 heavy (non-hydrogen) atoms. The minimum absolute atomic E-state index is 0.233. The van der Waals surface area contributed by atoms with Gasteiger partial charge in [-0.2, -0.15) is 0 Å². The third kappa shape index (κ3) is 4.30. The van der Waals surface area contributed by atoms with E-state index in [9.17, 15) is 13.2 Å². The van der Waals surface area contributed by atoms with Crippen LogP contribution in [-0.4, -0.2) is 6.36 Å². The molecule has 112 valence electrons. The first-order chi connectivity index (χ1) is 9.85. The summed E-state index contributed by atoms with van der Waals surface area (Å²) < 4.78 is 45.5. The molecule has 0 aliphatic heterocycles. The summed E-state index contributed by atoms with van der Waals surface area (Å²) in [4.78, 5) is 0. The predicted molar refractivity (Wildman–Crippen MR) is 73.0 cm³/mol. The van der Waals surface area contributed by atoms with Crippen LogP contribution in [0.25, 0.3) is 0 Å². The minimum atomic E-state index is -4.68. The highest BCUT2D eigenvalue weighted by molar-refractivity contribution is 5.53. The Morgan fingerprint density at radius 3 is 2.33 bits per heavy atom. The maximum atomic E-state index is 12.0. The van der Waals surface area contributed by atoms with E-state index >= 15 is 0 Å². The Kier molecular flexibility index (Phi) is 4.26. The molecule has 0 unspecified atom stereocenters. The van der Waals surface area contributed by atoms with Crippen LogP contribution in [0.3, 0.4) is 0 Å². The molecular weight excluding hydrogens is 283 g/mol. The van der Waals surface area contributed by atoms with Gasteiger partial charge in [0.15, 0.2) is 0 Å². The predicted octanol–water partition coefficient (Wildman–Crippen LogP) is 4.05. The molecule has 0 atom stereocenters. The van der Waals surface area contributed by atoms with E-state index < -0.39 is 6.36 Å². The first kappa shape index (κ1) is 15.0. The number of nitrogen functional groups attached to an aromatic ring is 1. The van der Waals surface area contributed by atoms with E-state index in [4.69, 9.17) is 10.5 Å². The topological polar surface area (TPSA) is 44.5 Å². The summed E-state index contributed by atoms with van der Waals surface area (Å²) in [5, 5.41) is 0. The van der Waals surface area contributed by atoms with Gasteiger partial charge in [0.05, 0.1) is 0 Å². The first-order valence-corrected chi connectivity index (χ1v) is 6.18. The zero-order valence-electron chi connectivity index (χ0n) is 11.3. The molecule has 0 amide bonds. The first-order valence-electron chi connectivity index (χ1n) is 6.18. The van der Waals surface area contributed by atoms with Crippen molar-refractivity contribution in [1.82, 2.24) is 0 Å². The van der Waals surface area contributed by atoms with Crippen molar-refractivity contribution >= 4 is 5.69 Å². The van der Waals surface area contributed by atoms with Gasteiger partial charge < -0.3 is 15.2 Å². The van der Waals surface area contributed by atoms with E-state index in [0.29, 0.717) is 11.4 Å². The zero-order chi connectivity index (χ0) is 15.5. The van der Waals surface area contributed by atoms with E-state index in [-0.39, 0.29) is 12.4 Å². The van der Waals surface area contributed by atoms with Crippen LogP contribution in [0.2, 0.25) is 0 Å². The van der Waals surface area contributed by atoms with Crippen molar-refractivity contribution in [2.45, 2.75) is 19.9 Å². The molecule has 0 saturated carbocycles. The van der Waals surface area contributed by atoms with Crippen LogP contribution in [0.4, 0.5) is 18.9 Å². The average molecular weight is 297 g/mol. The van der Waals surface area contributed by atoms with Crippen LogP contribution >= 0.6 is 0 Å². The normalized spacial score (nSPS) is 11.2. The molecule has 0 heterocycles. The molecule has 2 aromatic rings. The third-order valence-electron chi connectivity index (χ3n) is 2.88. The summed E-state index contributed by atoms with van der Waals surface area (Å²) in [5.41, 5.74) is 7.95. The third-order valence-corrected chi connectivity index (χ3v) is 2.88. The van der Waals surface area contributed by atoms with Crippen molar-refractivity contribution < 1.29 is 22.6 Å². The largest absolute Gasteiger partial charge is 0.573 e. The van der Waals surface area contributed by atoms with Gasteiger partial charge in [0.2, 0.25) is 0 Å². The number of hydrogen-bond donors (Lipinski definition) is 1. The van der Waals surface area contributed by atoms with Crippen LogP contribution in [0, 0.1) is 6.92 Å². The molecule has 0 bridgehead atoms. The summed E-state index contributed by atoms with van der Waals surface area (Å²) in [6, 6.07) is 10.9. The van der Waals surface area contributed by atoms with Crippen LogP contribution in [0.1, 0.15) is 11.1 Å². The highest BCUT2D eigenvalue weighted by Gasteiger charge is 2.30. The van der Waals surface area contributed by atoms with E-state index in [1.807, 2.05) is 6.92 Å². The molecule has 2 aromatic carbocycles. The number of alkyl halides is 3. The maximum absolute atomic E-state index is 12.0. The van der Waals surface area contributed by atoms with Gasteiger partial charge in [-0.05, 0) is 36.8 Å². The smallest absolute Gasteiger partial charge is 0.489 e. The lowest BCUT2D eigenvalue weighted by molar-refractivity contribution is -0.274. The molecule has 2 N–H and O–H groups in total. The van der Waals surface area contributed by atoms with Crippen molar-refractivity contribution in [1.29, 1.82) is 0 Å². The van der Waals surface area contributed by atoms with Gasteiger partial charge >= 0.3 is 6.36 Å². The van der Waals surface area contributed by atoms with Gasteiger partial charge in [-0.1, -0.05) is 18.2 Å². The Labute approximate surface area is 120 Å². The van der Waals surface area contributed by atoms with Crippen LogP contribution in [0.15, 0.2) is 42.5 Å². The Morgan fingerprint density at radius 2 is 1.71 bits per heavy atom. The summed E-state index contributed by atoms with van der Waals surface area (Å²) in [5.74, 6) is 0.386. The summed E-state index contributed by atoms with van der Waals surface area (Å²) in [6.07, 6.45) is -4.68. The highest BCUT2D eigenvalue weighted by atomic mass is 19.4. The lowest BCUT2D eigenvalue weighted by Gasteiger charge is -2.12. The molecule has 0 radical (unpaired) electrons. The van der Waals surface area contributed by atoms with Crippen molar-refractivity contribution in [3.05, 3.63) is 53.6 Å². The van der Waals surface area contributed by atoms with E-state index in [2.05, 4.69) is 4.74 Å². The molecule has 2 rings (SSSR count). The van der Waals surface area contributed by atoms with Crippen molar-refractivity contribution in [2.75, 3.05) is 5.73 Å². The molecule has 3 nitrogen and oxygen atoms in total. The molecular formula is C15H14F3NO2. The van der Waals surface area contributed by atoms with Crippen LogP contribution in [-0.2, 0) is 6.61 Å². The number of rotatable bonds is 4. The fraction of sp³-hybridized carbons (Fsp3) is 0.200. The quantitative estimate of drug-likeness (QED) is 0.866. The second kappa shape index (κ2) is 5.95. The van der Waals surface area contributed by atoms with Crippen LogP contribution in [0.5, 0.6) is 11.5 Å². The summed E-state index contributed by atoms with van der Waals surface area (Å²) in [6.45, 7) is 2.07. The summed E-state index contributed by atoms with van der Waals surface area (Å²) in [7, 11) is 0. The zero-order valence-corrected chi connectivity index (χ0v) is 11.3. The number of ether oxygens (including phenoxy) is 2. The number of anilines is 1. The van der Waals surface area contributed by atoms with Gasteiger partial charge in [0.25, 0.3) is 0 Å². The number of nitrogens with two attached hydrogens (primary N) is 1. The lowest BCUT2D eigenvalue weighted by Crippen LogP contribution is -2.17. The Morgan fingerprint density at radius 1 is 1.05 bits per heavy atom. The molecule has 0 aliphatic carbocycles. The molecule has 0 saturated heterocycles. The fourth-order valence-corrected chi connectivity index (χ4v) is 1.74. The van der Waals surface area contributed by atoms with E-state index in [1.54, 1.807) is 18.2 Å². The molecule has 0 aliphatic rings. The monoisotopic (exact) mass is 297 g/mol. The molecule has 0 fully saturated rings. The fourth-order valence-electron chi connectivity index (χ4n) is 1.74. The molecule has 0 spiro atoms. The number of hydrogen-bond acceptors (Lipinski definition) is 3. The number of halogens is 3. The van der Waals surface area contributed by atoms with Crippen molar-refractivity contribution in [3.8, 4) is 11.5 Å². The van der Waals surface area contributed by atoms with Gasteiger partial charge in [0.1, 0.15) is 18.1 Å². The van der Waals surface area contributed by atoms with E-state index in [1.165, 1.54) is 24.3 Å². The Hall–Kier alpha value is -2.37. The van der Waals surface area contributed by atoms with Gasteiger partial charge in [-0.15, -0.1) is 13.2 Å². The van der Waals surface area contributed by atoms with Gasteiger partial charge in [0, 0.05) is 11.3 Å². The Balaban J connectivity index is 1.99. The standard InChI is InChI=1S/C15H14F3NO2/c1-10-13(19)3-2-4-14(10)20-9-11-5-7-12(8-6-11)21-15(16,17)18/h2-8H,9,19H2,1H3. The molecule has 6 heteroatoms. The van der Waals surface area contributed by atoms with Crippen molar-refractivity contribution in [3.63, 3.8) is 0 Å². The second-order valence-electron chi connectivity index (χ2n) is 4.45. The maximum Gasteiger partial charge on any atom is 0.573 e. The van der Waals surface area contributed by atoms with Crippen molar-refractivity contribution in [2.24, 2.45) is 0 Å². The summed E-state index contributed by atoms with van der Waals surface area (Å²) >= 11 is 0. The van der Waals surface area contributed by atoms with Crippen LogP contribution < -0.4 is 15.2 Å². The van der Waals surface area contributed by atoms with Gasteiger partial charge in [-0.25, -0.2) is 0 Å². The number of benzene rings is 2. The highest BCUT2D eigenvalue weighted by Crippen LogP contribution is 2.25. The SMILES string of the molecule is Cc1c(N)cccc1OCc1ccc(OC(F)(F)F)cc1. The second-order valence-corrected chi connectivity index (χ2v) is 4.45. The van der Waals surface area contributed by atoms with E-state index in [0.717, 1.165) is 11.1 Å². The lowest BCUT2D eigenvalue weighted by atomic mass is 10.2. The average Bonchev–Trinajstić information content (AvgIpc) is 2.40. The van der Waals surface area contributed by atoms with Gasteiger partial charge in [-0.3, -0.25) is 0 Å². The molecule has 0 aromatic heterocycles. The Bertz CT molecular complexity index is 609. The minimum Gasteiger partial charge on any atom is -0.489 e.